The third-order valence-corrected chi connectivity index (χ3v) is 5.50. The van der Waals surface area contributed by atoms with Gasteiger partial charge in [0.05, 0.1) is 29.9 Å². The van der Waals surface area contributed by atoms with E-state index in [1.54, 1.807) is 36.4 Å². The van der Waals surface area contributed by atoms with Crippen LogP contribution in [0, 0.1) is 21.8 Å². The Morgan fingerprint density at radius 1 is 1.26 bits per heavy atom. The van der Waals surface area contributed by atoms with Crippen molar-refractivity contribution in [2.24, 2.45) is 5.10 Å². The van der Waals surface area contributed by atoms with Crippen molar-refractivity contribution < 1.29 is 18.8 Å². The maximum Gasteiger partial charge on any atom is 0.284 e. The molecule has 34 heavy (non-hydrogen) atoms. The van der Waals surface area contributed by atoms with Gasteiger partial charge in [0.25, 0.3) is 5.69 Å². The number of furan rings is 1. The number of hydrogen-bond donors (Lipinski definition) is 1. The Kier molecular flexibility index (Phi) is 6.75. The standard InChI is InChI=1S/C22H18ClN5O5S/c1-13-9-15(4-7-18(13)23)32-12-21-25-26-22(34)27(21)24-11-16-5-8-20(33-16)17-6-3-14(31-2)10-19(17)28(29)30/h3-11H,12H2,1-2H3,(H,26,34)/b24-11+. The summed E-state index contributed by atoms with van der Waals surface area (Å²) in [5.41, 5.74) is 1.07. The van der Waals surface area contributed by atoms with Gasteiger partial charge in [-0.2, -0.15) is 14.9 Å². The summed E-state index contributed by atoms with van der Waals surface area (Å²) in [6.45, 7) is 1.99. The summed E-state index contributed by atoms with van der Waals surface area (Å²) >= 11 is 11.3. The molecular formula is C22H18ClN5O5S. The van der Waals surface area contributed by atoms with Crippen molar-refractivity contribution in [2.45, 2.75) is 13.5 Å². The molecule has 0 aliphatic carbocycles. The van der Waals surface area contributed by atoms with Crippen LogP contribution in [0.2, 0.25) is 5.02 Å². The number of nitro groups is 1. The lowest BCUT2D eigenvalue weighted by Gasteiger charge is -2.07. The molecule has 0 unspecified atom stereocenters. The first-order chi connectivity index (χ1) is 16.4. The molecule has 2 heterocycles. The van der Waals surface area contributed by atoms with Gasteiger partial charge in [-0.25, -0.2) is 5.10 Å². The molecular weight excluding hydrogens is 482 g/mol. The minimum absolute atomic E-state index is 0.104. The fourth-order valence-electron chi connectivity index (χ4n) is 3.07. The van der Waals surface area contributed by atoms with Crippen LogP contribution < -0.4 is 9.47 Å². The molecule has 0 fully saturated rings. The monoisotopic (exact) mass is 499 g/mol. The summed E-state index contributed by atoms with van der Waals surface area (Å²) in [5.74, 6) is 2.12. The molecule has 0 bridgehead atoms. The lowest BCUT2D eigenvalue weighted by molar-refractivity contribution is -0.384. The fourth-order valence-corrected chi connectivity index (χ4v) is 3.39. The van der Waals surface area contributed by atoms with Gasteiger partial charge in [-0.15, -0.1) is 0 Å². The Balaban J connectivity index is 1.54. The number of aryl methyl sites for hydroxylation is 1. The van der Waals surface area contributed by atoms with Crippen LogP contribution in [0.5, 0.6) is 11.5 Å². The van der Waals surface area contributed by atoms with Crippen LogP contribution in [-0.4, -0.2) is 33.1 Å². The number of rotatable bonds is 8. The van der Waals surface area contributed by atoms with Crippen LogP contribution in [0.4, 0.5) is 5.69 Å². The number of benzene rings is 2. The van der Waals surface area contributed by atoms with Gasteiger partial charge in [0.2, 0.25) is 4.77 Å². The zero-order valence-electron chi connectivity index (χ0n) is 18.0. The molecule has 0 amide bonds. The van der Waals surface area contributed by atoms with E-state index in [0.717, 1.165) is 5.56 Å². The van der Waals surface area contributed by atoms with Gasteiger partial charge in [0.1, 0.15) is 29.6 Å². The van der Waals surface area contributed by atoms with Crippen molar-refractivity contribution in [3.63, 3.8) is 0 Å². The fraction of sp³-hybridized carbons (Fsp3) is 0.136. The topological polar surface area (TPSA) is 121 Å². The highest BCUT2D eigenvalue weighted by Gasteiger charge is 2.19. The average Bonchev–Trinajstić information content (AvgIpc) is 3.44. The molecule has 4 aromatic rings. The van der Waals surface area contributed by atoms with Gasteiger partial charge in [0.15, 0.2) is 5.82 Å². The molecule has 0 spiro atoms. The van der Waals surface area contributed by atoms with Crippen molar-refractivity contribution in [1.29, 1.82) is 0 Å². The van der Waals surface area contributed by atoms with E-state index in [1.165, 1.54) is 24.1 Å². The van der Waals surface area contributed by atoms with Crippen molar-refractivity contribution in [3.05, 3.63) is 85.6 Å². The maximum absolute atomic E-state index is 11.5. The van der Waals surface area contributed by atoms with E-state index in [0.29, 0.717) is 39.4 Å². The predicted molar refractivity (Wildman–Crippen MR) is 128 cm³/mol. The molecule has 0 aliphatic rings. The first-order valence-electron chi connectivity index (χ1n) is 9.88. The molecule has 0 saturated heterocycles. The minimum Gasteiger partial charge on any atom is -0.497 e. The van der Waals surface area contributed by atoms with E-state index >= 15 is 0 Å². The number of nitrogens with zero attached hydrogens (tertiary/aromatic N) is 4. The van der Waals surface area contributed by atoms with Crippen molar-refractivity contribution in [1.82, 2.24) is 14.9 Å². The first-order valence-corrected chi connectivity index (χ1v) is 10.7. The summed E-state index contributed by atoms with van der Waals surface area (Å²) < 4.78 is 18.3. The molecule has 0 atom stereocenters. The van der Waals surface area contributed by atoms with E-state index in [1.807, 2.05) is 13.0 Å². The van der Waals surface area contributed by atoms with Crippen molar-refractivity contribution >= 4 is 35.7 Å². The number of nitro benzene ring substituents is 1. The molecule has 12 heteroatoms. The zero-order chi connectivity index (χ0) is 24.2. The summed E-state index contributed by atoms with van der Waals surface area (Å²) in [7, 11) is 1.44. The summed E-state index contributed by atoms with van der Waals surface area (Å²) in [5, 5.41) is 23.3. The number of ether oxygens (including phenoxy) is 2. The zero-order valence-corrected chi connectivity index (χ0v) is 19.6. The number of methoxy groups -OCH3 is 1. The minimum atomic E-state index is -0.493. The van der Waals surface area contributed by atoms with Crippen molar-refractivity contribution in [2.75, 3.05) is 7.11 Å². The number of aromatic nitrogens is 3. The van der Waals surface area contributed by atoms with Crippen LogP contribution in [-0.2, 0) is 6.61 Å². The summed E-state index contributed by atoms with van der Waals surface area (Å²) in [6, 6.07) is 13.1. The molecule has 0 saturated carbocycles. The molecule has 174 valence electrons. The second-order valence-electron chi connectivity index (χ2n) is 7.04. The second-order valence-corrected chi connectivity index (χ2v) is 7.84. The number of H-pyrrole nitrogens is 1. The van der Waals surface area contributed by atoms with E-state index < -0.39 is 4.92 Å². The largest absolute Gasteiger partial charge is 0.497 e. The summed E-state index contributed by atoms with van der Waals surface area (Å²) in [6.07, 6.45) is 1.43. The van der Waals surface area contributed by atoms with Crippen LogP contribution in [0.15, 0.2) is 58.0 Å². The Morgan fingerprint density at radius 3 is 2.79 bits per heavy atom. The predicted octanol–water partition coefficient (Wildman–Crippen LogP) is 5.54. The lowest BCUT2D eigenvalue weighted by atomic mass is 10.1. The first kappa shape index (κ1) is 23.2. The molecule has 2 aromatic carbocycles. The normalized spacial score (nSPS) is 11.1. The highest BCUT2D eigenvalue weighted by molar-refractivity contribution is 7.71. The molecule has 1 N–H and O–H groups in total. The van der Waals surface area contributed by atoms with Crippen LogP contribution in [0.25, 0.3) is 11.3 Å². The van der Waals surface area contributed by atoms with Gasteiger partial charge < -0.3 is 13.9 Å². The molecule has 0 radical (unpaired) electrons. The number of hydrogen-bond acceptors (Lipinski definition) is 8. The Hall–Kier alpha value is -3.96. The van der Waals surface area contributed by atoms with Crippen LogP contribution in [0.3, 0.4) is 0 Å². The molecule has 2 aromatic heterocycles. The van der Waals surface area contributed by atoms with Crippen molar-refractivity contribution in [3.8, 4) is 22.8 Å². The molecule has 4 rings (SSSR count). The van der Waals surface area contributed by atoms with Gasteiger partial charge in [-0.3, -0.25) is 10.1 Å². The van der Waals surface area contributed by atoms with E-state index in [9.17, 15) is 10.1 Å². The smallest absolute Gasteiger partial charge is 0.284 e. The quantitative estimate of drug-likeness (QED) is 0.146. The van der Waals surface area contributed by atoms with E-state index in [-0.39, 0.29) is 17.1 Å². The Morgan fingerprint density at radius 2 is 2.06 bits per heavy atom. The Labute approximate surface area is 203 Å². The highest BCUT2D eigenvalue weighted by Crippen LogP contribution is 2.34. The second kappa shape index (κ2) is 9.89. The average molecular weight is 500 g/mol. The number of nitrogens with one attached hydrogen (secondary N) is 1. The van der Waals surface area contributed by atoms with Gasteiger partial charge in [0, 0.05) is 5.02 Å². The van der Waals surface area contributed by atoms with Gasteiger partial charge in [-0.1, -0.05) is 11.6 Å². The molecule has 0 aliphatic heterocycles. The van der Waals surface area contributed by atoms with E-state index in [4.69, 9.17) is 37.7 Å². The Bertz CT molecular complexity index is 1440. The number of halogens is 1. The third-order valence-electron chi connectivity index (χ3n) is 4.81. The van der Waals surface area contributed by atoms with E-state index in [2.05, 4.69) is 15.3 Å². The number of aromatic amines is 1. The maximum atomic E-state index is 11.5. The van der Waals surface area contributed by atoms with Gasteiger partial charge in [-0.05, 0) is 67.2 Å². The van der Waals surface area contributed by atoms with Crippen LogP contribution >= 0.6 is 23.8 Å². The SMILES string of the molecule is COc1ccc(-c2ccc(/C=N/n3c(COc4ccc(Cl)c(C)c4)n[nH]c3=S)o2)c([N+](=O)[O-])c1. The van der Waals surface area contributed by atoms with Gasteiger partial charge >= 0.3 is 0 Å². The molecule has 10 nitrogen and oxygen atoms in total. The lowest BCUT2D eigenvalue weighted by Crippen LogP contribution is -2.04. The summed E-state index contributed by atoms with van der Waals surface area (Å²) in [4.78, 5) is 11.0. The third kappa shape index (κ3) is 5.00. The highest BCUT2D eigenvalue weighted by atomic mass is 35.5. The van der Waals surface area contributed by atoms with Crippen LogP contribution in [0.1, 0.15) is 17.1 Å².